The molecule has 1 fully saturated rings. The molecule has 1 aromatic rings. The third-order valence-corrected chi connectivity index (χ3v) is 4.91. The number of hydrogen-bond acceptors (Lipinski definition) is 2. The lowest BCUT2D eigenvalue weighted by atomic mass is 9.73. The fourth-order valence-corrected chi connectivity index (χ4v) is 3.54. The van der Waals surface area contributed by atoms with Gasteiger partial charge in [-0.2, -0.15) is 0 Å². The Kier molecular flexibility index (Phi) is 5.69. The van der Waals surface area contributed by atoms with Gasteiger partial charge in [-0.25, -0.2) is 0 Å². The number of para-hydroxylation sites is 1. The summed E-state index contributed by atoms with van der Waals surface area (Å²) in [6, 6.07) is 8.39. The van der Waals surface area contributed by atoms with Gasteiger partial charge in [-0.15, -0.1) is 0 Å². The van der Waals surface area contributed by atoms with Crippen molar-refractivity contribution in [3.63, 3.8) is 0 Å². The monoisotopic (exact) mass is 289 g/mol. The molecule has 1 unspecified atom stereocenters. The summed E-state index contributed by atoms with van der Waals surface area (Å²) < 4.78 is 5.94. The molecule has 2 heteroatoms. The quantitative estimate of drug-likeness (QED) is 0.833. The normalized spacial score (nSPS) is 24.3. The van der Waals surface area contributed by atoms with Crippen LogP contribution >= 0.6 is 0 Å². The molecule has 21 heavy (non-hydrogen) atoms. The lowest BCUT2D eigenvalue weighted by Gasteiger charge is -2.34. The van der Waals surface area contributed by atoms with Crippen molar-refractivity contribution in [2.45, 2.75) is 65.5 Å². The van der Waals surface area contributed by atoms with Crippen molar-refractivity contribution in [3.05, 3.63) is 29.8 Å². The van der Waals surface area contributed by atoms with E-state index in [-0.39, 0.29) is 12.1 Å². The summed E-state index contributed by atoms with van der Waals surface area (Å²) in [5, 5.41) is 0. The molecule has 2 nitrogen and oxygen atoms in total. The highest BCUT2D eigenvalue weighted by Gasteiger charge is 2.29. The van der Waals surface area contributed by atoms with E-state index in [0.29, 0.717) is 5.92 Å². The zero-order valence-corrected chi connectivity index (χ0v) is 14.0. The number of rotatable bonds is 5. The molecule has 1 aromatic carbocycles. The molecule has 0 spiro atoms. The van der Waals surface area contributed by atoms with Crippen LogP contribution in [0.5, 0.6) is 5.75 Å². The van der Waals surface area contributed by atoms with Crippen molar-refractivity contribution in [1.29, 1.82) is 0 Å². The van der Waals surface area contributed by atoms with Crippen LogP contribution in [-0.4, -0.2) is 6.10 Å². The molecule has 0 amide bonds. The maximum absolute atomic E-state index is 6.59. The molecule has 118 valence electrons. The summed E-state index contributed by atoms with van der Waals surface area (Å²) in [5.74, 6) is 3.25. The van der Waals surface area contributed by atoms with Gasteiger partial charge in [0.15, 0.2) is 0 Å². The van der Waals surface area contributed by atoms with Gasteiger partial charge < -0.3 is 10.5 Å². The van der Waals surface area contributed by atoms with Gasteiger partial charge >= 0.3 is 0 Å². The largest absolute Gasteiger partial charge is 0.491 e. The zero-order valence-electron chi connectivity index (χ0n) is 14.0. The number of hydrogen-bond donors (Lipinski definition) is 1. The third-order valence-electron chi connectivity index (χ3n) is 4.91. The summed E-state index contributed by atoms with van der Waals surface area (Å²) in [6.07, 6.45) is 5.34. The summed E-state index contributed by atoms with van der Waals surface area (Å²) in [7, 11) is 0. The Morgan fingerprint density at radius 1 is 0.952 bits per heavy atom. The highest BCUT2D eigenvalue weighted by atomic mass is 16.5. The maximum atomic E-state index is 6.59. The standard InChI is InChI=1S/C19H31NO/c1-13(2)15-9-11-16(12-10-15)19(20)17-7-5-6-8-18(17)21-14(3)4/h5-8,13-16,19H,9-12,20H2,1-4H3. The summed E-state index contributed by atoms with van der Waals surface area (Å²) in [6.45, 7) is 8.82. The molecule has 1 atom stereocenters. The van der Waals surface area contributed by atoms with E-state index in [9.17, 15) is 0 Å². The second-order valence-corrected chi connectivity index (χ2v) is 7.15. The minimum atomic E-state index is 0.105. The van der Waals surface area contributed by atoms with E-state index in [2.05, 4.69) is 45.9 Å². The first kappa shape index (κ1) is 16.4. The second kappa shape index (κ2) is 7.31. The average Bonchev–Trinajstić information content (AvgIpc) is 2.46. The van der Waals surface area contributed by atoms with Crippen LogP contribution in [0.25, 0.3) is 0 Å². The van der Waals surface area contributed by atoms with Crippen molar-refractivity contribution in [2.75, 3.05) is 0 Å². The van der Waals surface area contributed by atoms with Crippen LogP contribution in [0.4, 0.5) is 0 Å². The number of benzene rings is 1. The Labute approximate surface area is 130 Å². The number of ether oxygens (including phenoxy) is 1. The van der Waals surface area contributed by atoms with Crippen LogP contribution in [0.1, 0.15) is 65.0 Å². The van der Waals surface area contributed by atoms with Gasteiger partial charge in [-0.1, -0.05) is 32.0 Å². The Balaban J connectivity index is 2.05. The van der Waals surface area contributed by atoms with E-state index < -0.39 is 0 Å². The van der Waals surface area contributed by atoms with Gasteiger partial charge in [0.2, 0.25) is 0 Å². The van der Waals surface area contributed by atoms with Crippen molar-refractivity contribution >= 4 is 0 Å². The van der Waals surface area contributed by atoms with E-state index >= 15 is 0 Å². The molecule has 0 aliphatic heterocycles. The zero-order chi connectivity index (χ0) is 15.4. The predicted molar refractivity (Wildman–Crippen MR) is 89.4 cm³/mol. The van der Waals surface area contributed by atoms with Gasteiger partial charge in [-0.05, 0) is 63.4 Å². The van der Waals surface area contributed by atoms with Gasteiger partial charge in [0.1, 0.15) is 5.75 Å². The molecule has 1 saturated carbocycles. The van der Waals surface area contributed by atoms with E-state index in [1.54, 1.807) is 0 Å². The van der Waals surface area contributed by atoms with Crippen molar-refractivity contribution in [2.24, 2.45) is 23.5 Å². The first-order valence-corrected chi connectivity index (χ1v) is 8.50. The molecule has 1 aliphatic carbocycles. The van der Waals surface area contributed by atoms with Gasteiger partial charge in [0.05, 0.1) is 6.10 Å². The molecule has 0 saturated heterocycles. The fourth-order valence-electron chi connectivity index (χ4n) is 3.54. The average molecular weight is 289 g/mol. The molecule has 2 N–H and O–H groups in total. The maximum Gasteiger partial charge on any atom is 0.124 e. The van der Waals surface area contributed by atoms with Crippen LogP contribution in [0, 0.1) is 17.8 Å². The Morgan fingerprint density at radius 3 is 2.10 bits per heavy atom. The lowest BCUT2D eigenvalue weighted by Crippen LogP contribution is -2.28. The number of nitrogens with two attached hydrogens (primary N) is 1. The minimum absolute atomic E-state index is 0.105. The van der Waals surface area contributed by atoms with Crippen molar-refractivity contribution in [3.8, 4) is 5.75 Å². The van der Waals surface area contributed by atoms with Gasteiger partial charge in [0, 0.05) is 11.6 Å². The van der Waals surface area contributed by atoms with Gasteiger partial charge in [0.25, 0.3) is 0 Å². The first-order chi connectivity index (χ1) is 9.99. The van der Waals surface area contributed by atoms with Crippen LogP contribution in [-0.2, 0) is 0 Å². The summed E-state index contributed by atoms with van der Waals surface area (Å²) in [5.41, 5.74) is 7.77. The van der Waals surface area contributed by atoms with Gasteiger partial charge in [-0.3, -0.25) is 0 Å². The Hall–Kier alpha value is -1.02. The lowest BCUT2D eigenvalue weighted by molar-refractivity contribution is 0.197. The second-order valence-electron chi connectivity index (χ2n) is 7.15. The van der Waals surface area contributed by atoms with E-state index in [0.717, 1.165) is 17.6 Å². The van der Waals surface area contributed by atoms with E-state index in [4.69, 9.17) is 10.5 Å². The van der Waals surface area contributed by atoms with Crippen LogP contribution in [0.3, 0.4) is 0 Å². The molecular weight excluding hydrogens is 258 g/mol. The molecule has 2 rings (SSSR count). The first-order valence-electron chi connectivity index (χ1n) is 8.50. The van der Waals surface area contributed by atoms with Crippen molar-refractivity contribution < 1.29 is 4.74 Å². The Morgan fingerprint density at radius 2 is 1.52 bits per heavy atom. The fraction of sp³-hybridized carbons (Fsp3) is 0.684. The highest BCUT2D eigenvalue weighted by molar-refractivity contribution is 5.36. The summed E-state index contributed by atoms with van der Waals surface area (Å²) in [4.78, 5) is 0. The highest BCUT2D eigenvalue weighted by Crippen LogP contribution is 2.40. The molecule has 0 heterocycles. The van der Waals surface area contributed by atoms with Crippen LogP contribution in [0.15, 0.2) is 24.3 Å². The molecule has 0 aromatic heterocycles. The predicted octanol–water partition coefficient (Wildman–Crippen LogP) is 4.94. The molecule has 0 bridgehead atoms. The summed E-state index contributed by atoms with van der Waals surface area (Å²) >= 11 is 0. The SMILES string of the molecule is CC(C)Oc1ccccc1C(N)C1CCC(C(C)C)CC1. The smallest absolute Gasteiger partial charge is 0.124 e. The molecule has 1 aliphatic rings. The minimum Gasteiger partial charge on any atom is -0.491 e. The topological polar surface area (TPSA) is 35.2 Å². The van der Waals surface area contributed by atoms with Crippen LogP contribution < -0.4 is 10.5 Å². The van der Waals surface area contributed by atoms with Crippen molar-refractivity contribution in [1.82, 2.24) is 0 Å². The van der Waals surface area contributed by atoms with E-state index in [1.807, 2.05) is 6.07 Å². The van der Waals surface area contributed by atoms with E-state index in [1.165, 1.54) is 31.2 Å². The van der Waals surface area contributed by atoms with Crippen LogP contribution in [0.2, 0.25) is 0 Å². The molecule has 0 radical (unpaired) electrons. The third kappa shape index (κ3) is 4.23. The molecular formula is C19H31NO. The Bertz CT molecular complexity index is 433.